The monoisotopic (exact) mass is 222 g/mol. The summed E-state index contributed by atoms with van der Waals surface area (Å²) < 4.78 is 11.9. The van der Waals surface area contributed by atoms with Gasteiger partial charge in [0, 0.05) is 10.8 Å². The smallest absolute Gasteiger partial charge is 0.148 e. The fraction of sp³-hybridized carbons (Fsp3) is 0.417. The van der Waals surface area contributed by atoms with Gasteiger partial charge in [0.05, 0.1) is 16.6 Å². The van der Waals surface area contributed by atoms with E-state index in [2.05, 4.69) is 0 Å². The van der Waals surface area contributed by atoms with E-state index in [4.69, 9.17) is 0 Å². The summed E-state index contributed by atoms with van der Waals surface area (Å²) in [5, 5.41) is 0. The first-order chi connectivity index (χ1) is 7.18. The van der Waals surface area contributed by atoms with Gasteiger partial charge in [-0.15, -0.1) is 0 Å². The Morgan fingerprint density at radius 1 is 1.40 bits per heavy atom. The highest BCUT2D eigenvalue weighted by atomic mass is 32.2. The van der Waals surface area contributed by atoms with Crippen LogP contribution in [0.25, 0.3) is 0 Å². The zero-order valence-corrected chi connectivity index (χ0v) is 9.55. The zero-order chi connectivity index (χ0) is 10.8. The quantitative estimate of drug-likeness (QED) is 0.781. The van der Waals surface area contributed by atoms with Crippen molar-refractivity contribution >= 4 is 16.6 Å². The summed E-state index contributed by atoms with van der Waals surface area (Å²) >= 11 is 0. The van der Waals surface area contributed by atoms with Crippen molar-refractivity contribution in [3.05, 3.63) is 29.8 Å². The lowest BCUT2D eigenvalue weighted by molar-refractivity contribution is -0.117. The molecule has 1 atom stereocenters. The van der Waals surface area contributed by atoms with Crippen LogP contribution in [0.2, 0.25) is 0 Å². The van der Waals surface area contributed by atoms with Gasteiger partial charge in [-0.3, -0.25) is 9.00 Å². The van der Waals surface area contributed by atoms with E-state index in [1.54, 1.807) is 0 Å². The number of carbonyl (C=O) groups is 1. The Bertz CT molecular complexity index is 408. The Balaban J connectivity index is 2.07. The molecular weight excluding hydrogens is 208 g/mol. The summed E-state index contributed by atoms with van der Waals surface area (Å²) in [7, 11) is -1.16. The van der Waals surface area contributed by atoms with Crippen molar-refractivity contribution in [1.29, 1.82) is 0 Å². The molecule has 1 fully saturated rings. The topological polar surface area (TPSA) is 34.1 Å². The molecule has 1 aromatic carbocycles. The Labute approximate surface area is 92.2 Å². The van der Waals surface area contributed by atoms with Crippen LogP contribution >= 0.6 is 0 Å². The van der Waals surface area contributed by atoms with Crippen LogP contribution in [0.5, 0.6) is 0 Å². The van der Waals surface area contributed by atoms with Crippen LogP contribution in [0, 0.1) is 12.8 Å². The van der Waals surface area contributed by atoms with Gasteiger partial charge in [0.25, 0.3) is 0 Å². The van der Waals surface area contributed by atoms with Crippen molar-refractivity contribution in [3.63, 3.8) is 0 Å². The van der Waals surface area contributed by atoms with E-state index in [1.807, 2.05) is 31.2 Å². The molecule has 80 valence electrons. The number of hydrogen-bond donors (Lipinski definition) is 0. The van der Waals surface area contributed by atoms with Crippen LogP contribution in [0.4, 0.5) is 0 Å². The Hall–Kier alpha value is -0.960. The molecule has 2 rings (SSSR count). The van der Waals surface area contributed by atoms with Gasteiger partial charge in [-0.05, 0) is 31.4 Å². The molecule has 3 heteroatoms. The predicted molar refractivity (Wildman–Crippen MR) is 60.2 cm³/mol. The molecule has 0 saturated heterocycles. The maximum absolute atomic E-state index is 11.9. The number of rotatable bonds is 4. The van der Waals surface area contributed by atoms with Crippen LogP contribution in [0.1, 0.15) is 18.4 Å². The molecule has 0 aromatic heterocycles. The van der Waals surface area contributed by atoms with Gasteiger partial charge >= 0.3 is 0 Å². The van der Waals surface area contributed by atoms with E-state index >= 15 is 0 Å². The Morgan fingerprint density at radius 2 is 2.07 bits per heavy atom. The van der Waals surface area contributed by atoms with Gasteiger partial charge in [-0.25, -0.2) is 0 Å². The van der Waals surface area contributed by atoms with E-state index in [1.165, 1.54) is 0 Å². The van der Waals surface area contributed by atoms with Crippen molar-refractivity contribution in [2.75, 3.05) is 5.75 Å². The molecule has 1 saturated carbocycles. The summed E-state index contributed by atoms with van der Waals surface area (Å²) in [6.07, 6.45) is 1.98. The molecule has 2 nitrogen and oxygen atoms in total. The first-order valence-corrected chi connectivity index (χ1v) is 6.47. The fourth-order valence-corrected chi connectivity index (χ4v) is 2.85. The molecule has 15 heavy (non-hydrogen) atoms. The molecule has 1 aliphatic carbocycles. The molecule has 0 N–H and O–H groups in total. The lowest BCUT2D eigenvalue weighted by Gasteiger charge is -2.04. The Kier molecular flexibility index (Phi) is 3.00. The second-order valence-electron chi connectivity index (χ2n) is 4.00. The average molecular weight is 222 g/mol. The van der Waals surface area contributed by atoms with Gasteiger partial charge in [0.1, 0.15) is 5.78 Å². The van der Waals surface area contributed by atoms with E-state index in [9.17, 15) is 9.00 Å². The third-order valence-electron chi connectivity index (χ3n) is 2.64. The highest BCUT2D eigenvalue weighted by molar-refractivity contribution is 7.85. The lowest BCUT2D eigenvalue weighted by Crippen LogP contribution is -2.12. The zero-order valence-electron chi connectivity index (χ0n) is 8.73. The highest BCUT2D eigenvalue weighted by Crippen LogP contribution is 2.30. The minimum atomic E-state index is -1.16. The average Bonchev–Trinajstić information content (AvgIpc) is 3.01. The van der Waals surface area contributed by atoms with Gasteiger partial charge in [0.2, 0.25) is 0 Å². The predicted octanol–water partition coefficient (Wildman–Crippen LogP) is 2.08. The highest BCUT2D eigenvalue weighted by Gasteiger charge is 2.30. The largest absolute Gasteiger partial charge is 0.298 e. The second kappa shape index (κ2) is 4.27. The fourth-order valence-electron chi connectivity index (χ4n) is 1.54. The van der Waals surface area contributed by atoms with E-state index in [0.717, 1.165) is 23.3 Å². The minimum Gasteiger partial charge on any atom is -0.298 e. The number of Topliss-reactive ketones (excluding diaryl/α,β-unsaturated/α-hetero) is 1. The van der Waals surface area contributed by atoms with Crippen molar-refractivity contribution in [1.82, 2.24) is 0 Å². The van der Waals surface area contributed by atoms with E-state index in [-0.39, 0.29) is 17.5 Å². The third-order valence-corrected chi connectivity index (χ3v) is 4.14. The SMILES string of the molecule is Cc1ccccc1S(=O)CC(=O)C1CC1. The third kappa shape index (κ3) is 2.53. The van der Waals surface area contributed by atoms with Gasteiger partial charge < -0.3 is 0 Å². The van der Waals surface area contributed by atoms with E-state index < -0.39 is 10.8 Å². The van der Waals surface area contributed by atoms with Crippen LogP contribution in [-0.4, -0.2) is 15.7 Å². The second-order valence-corrected chi connectivity index (χ2v) is 5.42. The first kappa shape index (κ1) is 10.6. The van der Waals surface area contributed by atoms with Gasteiger partial charge in [-0.1, -0.05) is 18.2 Å². The van der Waals surface area contributed by atoms with E-state index in [0.29, 0.717) is 0 Å². The van der Waals surface area contributed by atoms with Crippen molar-refractivity contribution in [2.45, 2.75) is 24.7 Å². The maximum Gasteiger partial charge on any atom is 0.148 e. The Morgan fingerprint density at radius 3 is 2.67 bits per heavy atom. The molecular formula is C12H14O2S. The van der Waals surface area contributed by atoms with Crippen LogP contribution in [0.15, 0.2) is 29.2 Å². The molecule has 1 aliphatic rings. The molecule has 1 aromatic rings. The van der Waals surface area contributed by atoms with Gasteiger partial charge in [0.15, 0.2) is 0 Å². The summed E-state index contributed by atoms with van der Waals surface area (Å²) in [4.78, 5) is 12.3. The summed E-state index contributed by atoms with van der Waals surface area (Å²) in [6.45, 7) is 1.93. The summed E-state index contributed by atoms with van der Waals surface area (Å²) in [5.41, 5.74) is 0.999. The van der Waals surface area contributed by atoms with Crippen molar-refractivity contribution in [2.24, 2.45) is 5.92 Å². The van der Waals surface area contributed by atoms with Crippen LogP contribution in [0.3, 0.4) is 0 Å². The van der Waals surface area contributed by atoms with Crippen molar-refractivity contribution in [3.8, 4) is 0 Å². The molecule has 0 heterocycles. The summed E-state index contributed by atoms with van der Waals surface area (Å²) in [5.74, 6) is 0.560. The first-order valence-electron chi connectivity index (χ1n) is 5.15. The number of benzene rings is 1. The van der Waals surface area contributed by atoms with Gasteiger partial charge in [-0.2, -0.15) is 0 Å². The minimum absolute atomic E-state index is 0.164. The maximum atomic E-state index is 11.9. The molecule has 0 spiro atoms. The van der Waals surface area contributed by atoms with Crippen LogP contribution < -0.4 is 0 Å². The van der Waals surface area contributed by atoms with Crippen molar-refractivity contribution < 1.29 is 9.00 Å². The molecule has 0 radical (unpaired) electrons. The number of hydrogen-bond acceptors (Lipinski definition) is 2. The standard InChI is InChI=1S/C12H14O2S/c1-9-4-2-3-5-12(9)15(14)8-11(13)10-6-7-10/h2-5,10H,6-8H2,1H3. The van der Waals surface area contributed by atoms with Crippen LogP contribution in [-0.2, 0) is 15.6 Å². The molecule has 0 bridgehead atoms. The number of aryl methyl sites for hydroxylation is 1. The number of carbonyl (C=O) groups excluding carboxylic acids is 1. The summed E-state index contributed by atoms with van der Waals surface area (Å²) in [6, 6.07) is 7.54. The molecule has 1 unspecified atom stereocenters. The number of ketones is 1. The lowest BCUT2D eigenvalue weighted by atomic mass is 10.2. The molecule has 0 aliphatic heterocycles. The normalized spacial score (nSPS) is 17.4. The molecule has 0 amide bonds.